The van der Waals surface area contributed by atoms with Crippen LogP contribution >= 0.6 is 15.6 Å². The fourth-order valence-corrected chi connectivity index (χ4v) is 12.4. The molecule has 19 heteroatoms. The second kappa shape index (κ2) is 70.5. The molecule has 0 heterocycles. The summed E-state index contributed by atoms with van der Waals surface area (Å²) in [5, 5.41) is 10.6. The lowest BCUT2D eigenvalue weighted by molar-refractivity contribution is -0.161. The third-order valence-corrected chi connectivity index (χ3v) is 18.7. The summed E-state index contributed by atoms with van der Waals surface area (Å²) in [5.74, 6) is -2.18. The summed E-state index contributed by atoms with van der Waals surface area (Å²) in [6.45, 7) is 4.86. The van der Waals surface area contributed by atoms with Gasteiger partial charge in [0.15, 0.2) is 12.2 Å². The van der Waals surface area contributed by atoms with Crippen LogP contribution in [-0.4, -0.2) is 96.7 Å². The Morgan fingerprint density at radius 3 is 0.792 bits per heavy atom. The second-order valence-corrected chi connectivity index (χ2v) is 29.2. The summed E-state index contributed by atoms with van der Waals surface area (Å²) < 4.78 is 68.5. The van der Waals surface area contributed by atoms with Gasteiger partial charge in [-0.2, -0.15) is 0 Å². The van der Waals surface area contributed by atoms with Crippen molar-refractivity contribution in [3.8, 4) is 0 Å². The van der Waals surface area contributed by atoms with E-state index in [-0.39, 0.29) is 25.7 Å². The topological polar surface area (TPSA) is 237 Å². The number of carbonyl (C=O) groups excluding carboxylic acids is 4. The number of rotatable bonds is 74. The molecule has 5 atom stereocenters. The molecule has 0 aromatic carbocycles. The summed E-state index contributed by atoms with van der Waals surface area (Å²) >= 11 is 0. The van der Waals surface area contributed by atoms with Gasteiger partial charge in [0.25, 0.3) is 0 Å². The molecule has 562 valence electrons. The number of unbranched alkanes of at least 4 members (excludes halogenated alkanes) is 41. The molecule has 2 unspecified atom stereocenters. The Morgan fingerprint density at radius 1 is 0.292 bits per heavy atom. The van der Waals surface area contributed by atoms with Crippen molar-refractivity contribution in [3.63, 3.8) is 0 Å². The van der Waals surface area contributed by atoms with Crippen LogP contribution < -0.4 is 0 Å². The van der Waals surface area contributed by atoms with Crippen LogP contribution in [0.1, 0.15) is 362 Å². The number of phosphoric ester groups is 2. The Balaban J connectivity index is 5.33. The van der Waals surface area contributed by atoms with Crippen LogP contribution in [0.3, 0.4) is 0 Å². The highest BCUT2D eigenvalue weighted by atomic mass is 31.2. The molecule has 0 saturated carbocycles. The minimum Gasteiger partial charge on any atom is -0.462 e. The molecule has 0 aromatic heterocycles. The first-order valence-corrected chi connectivity index (χ1v) is 41.9. The van der Waals surface area contributed by atoms with Gasteiger partial charge in [0.2, 0.25) is 0 Å². The van der Waals surface area contributed by atoms with Gasteiger partial charge in [-0.15, -0.1) is 0 Å². The van der Waals surface area contributed by atoms with Gasteiger partial charge < -0.3 is 33.8 Å². The summed E-state index contributed by atoms with van der Waals surface area (Å²) in [6, 6.07) is 0. The lowest BCUT2D eigenvalue weighted by Gasteiger charge is -2.21. The fraction of sp³-hybridized carbons (Fsp3) is 0.844. The van der Waals surface area contributed by atoms with Crippen molar-refractivity contribution in [2.75, 3.05) is 39.6 Å². The quantitative estimate of drug-likeness (QED) is 0.0128. The number of aliphatic hydroxyl groups excluding tert-OH is 1. The Morgan fingerprint density at radius 2 is 0.510 bits per heavy atom. The SMILES string of the molecule is CCCCCC/C=C\C=C/CCCCCCCC(=O)OC[C@H](COP(=O)(O)OC[C@H](O)COP(=O)(O)OC[C@@H](COC(=O)CCCCCCCCCCCCCCC)OC(=O)CCCCCCC/C=C\CCCCCCCC)OC(=O)CCCCCCC/C=C\CCCCCC. The van der Waals surface area contributed by atoms with Crippen molar-refractivity contribution in [2.24, 2.45) is 0 Å². The van der Waals surface area contributed by atoms with E-state index in [1.807, 2.05) is 0 Å². The van der Waals surface area contributed by atoms with Crippen molar-refractivity contribution in [2.45, 2.75) is 380 Å². The predicted molar refractivity (Wildman–Crippen MR) is 390 cm³/mol. The van der Waals surface area contributed by atoms with Gasteiger partial charge in [-0.3, -0.25) is 37.3 Å². The number of aliphatic hydroxyl groups is 1. The lowest BCUT2D eigenvalue weighted by atomic mass is 10.0. The maximum atomic E-state index is 13.1. The average molecular weight is 1400 g/mol. The standard InChI is InChI=1S/C77H142O17P2/c1-5-9-13-17-21-25-29-33-35-39-42-46-50-54-58-62-75(80)88-68-72(93-76(81)63-59-55-51-47-43-38-32-28-24-20-16-12-8-4)69-91-95(83,84)89-65-71(78)66-90-96(85,86)92-70-73(67-87-74(79)61-57-53-49-45-41-37-31-27-23-19-15-11-7-3)94-77(82)64-60-56-52-48-44-40-36-34-30-26-22-18-14-10-6-2/h25,28-29,32-36,71-73,78H,5-24,26-27,30-31,37-70H2,1-4H3,(H,83,84)(H,85,86)/b29-25-,32-28-,35-33-,36-34-/t71-,72+,73+/m0/s1. The zero-order chi connectivity index (χ0) is 70.4. The highest BCUT2D eigenvalue weighted by molar-refractivity contribution is 7.47. The van der Waals surface area contributed by atoms with Gasteiger partial charge in [0, 0.05) is 25.7 Å². The first kappa shape index (κ1) is 93.0. The molecule has 17 nitrogen and oxygen atoms in total. The normalized spacial score (nSPS) is 14.2. The second-order valence-electron chi connectivity index (χ2n) is 26.3. The van der Waals surface area contributed by atoms with E-state index in [9.17, 15) is 43.2 Å². The molecule has 0 amide bonds. The molecular formula is C77H142O17P2. The van der Waals surface area contributed by atoms with Crippen LogP contribution in [-0.2, 0) is 65.4 Å². The molecule has 0 saturated heterocycles. The number of phosphoric acid groups is 2. The minimum atomic E-state index is -4.97. The fourth-order valence-electron chi connectivity index (χ4n) is 10.8. The molecule has 0 spiro atoms. The van der Waals surface area contributed by atoms with Crippen LogP contribution in [0.4, 0.5) is 0 Å². The molecule has 3 N–H and O–H groups in total. The molecule has 0 aliphatic carbocycles. The molecule has 0 bridgehead atoms. The van der Waals surface area contributed by atoms with E-state index >= 15 is 0 Å². The van der Waals surface area contributed by atoms with Gasteiger partial charge in [-0.25, -0.2) is 9.13 Å². The van der Waals surface area contributed by atoms with E-state index < -0.39 is 97.5 Å². The third-order valence-electron chi connectivity index (χ3n) is 16.8. The average Bonchev–Trinajstić information content (AvgIpc) is 1.17. The summed E-state index contributed by atoms with van der Waals surface area (Å²) in [5.41, 5.74) is 0. The molecule has 0 aliphatic heterocycles. The van der Waals surface area contributed by atoms with E-state index in [4.69, 9.17) is 37.0 Å². The molecule has 0 aromatic rings. The van der Waals surface area contributed by atoms with E-state index in [0.29, 0.717) is 25.7 Å². The van der Waals surface area contributed by atoms with Crippen LogP contribution in [0.2, 0.25) is 0 Å². The Kier molecular flexibility index (Phi) is 68.3. The number of hydrogen-bond donors (Lipinski definition) is 3. The Labute approximate surface area is 585 Å². The predicted octanol–water partition coefficient (Wildman–Crippen LogP) is 22.1. The maximum Gasteiger partial charge on any atom is 0.472 e. The Bertz CT molecular complexity index is 2010. The number of carbonyl (C=O) groups is 4. The first-order chi connectivity index (χ1) is 46.7. The largest absolute Gasteiger partial charge is 0.472 e. The van der Waals surface area contributed by atoms with Crippen molar-refractivity contribution >= 4 is 39.5 Å². The van der Waals surface area contributed by atoms with E-state index in [1.54, 1.807) is 0 Å². The zero-order valence-corrected chi connectivity index (χ0v) is 63.1. The van der Waals surface area contributed by atoms with Crippen LogP contribution in [0.15, 0.2) is 48.6 Å². The minimum absolute atomic E-state index is 0.0859. The summed E-state index contributed by atoms with van der Waals surface area (Å²) in [4.78, 5) is 72.8. The zero-order valence-electron chi connectivity index (χ0n) is 61.3. The van der Waals surface area contributed by atoms with Crippen LogP contribution in [0, 0.1) is 0 Å². The number of allylic oxidation sites excluding steroid dienone is 8. The monoisotopic (exact) mass is 1400 g/mol. The summed E-state index contributed by atoms with van der Waals surface area (Å²) in [6.07, 6.45) is 66.6. The molecule has 96 heavy (non-hydrogen) atoms. The van der Waals surface area contributed by atoms with Crippen LogP contribution in [0.5, 0.6) is 0 Å². The lowest BCUT2D eigenvalue weighted by Crippen LogP contribution is -2.30. The highest BCUT2D eigenvalue weighted by Crippen LogP contribution is 2.45. The third kappa shape index (κ3) is 69.5. The summed E-state index contributed by atoms with van der Waals surface area (Å²) in [7, 11) is -9.94. The Hall–Kier alpha value is -2.98. The number of hydrogen-bond acceptors (Lipinski definition) is 15. The van der Waals surface area contributed by atoms with Crippen molar-refractivity contribution in [3.05, 3.63) is 48.6 Å². The number of esters is 4. The van der Waals surface area contributed by atoms with Crippen molar-refractivity contribution in [1.29, 1.82) is 0 Å². The van der Waals surface area contributed by atoms with Gasteiger partial charge in [-0.05, 0) is 103 Å². The van der Waals surface area contributed by atoms with E-state index in [0.717, 1.165) is 135 Å². The van der Waals surface area contributed by atoms with E-state index in [2.05, 4.69) is 76.3 Å². The van der Waals surface area contributed by atoms with Gasteiger partial charge in [0.1, 0.15) is 19.3 Å². The first-order valence-electron chi connectivity index (χ1n) is 38.9. The highest BCUT2D eigenvalue weighted by Gasteiger charge is 2.30. The van der Waals surface area contributed by atoms with Crippen molar-refractivity contribution < 1.29 is 80.2 Å². The van der Waals surface area contributed by atoms with Crippen LogP contribution in [0.25, 0.3) is 0 Å². The molecule has 0 aliphatic rings. The van der Waals surface area contributed by atoms with E-state index in [1.165, 1.54) is 148 Å². The maximum absolute atomic E-state index is 13.1. The number of ether oxygens (including phenoxy) is 4. The molecule has 0 radical (unpaired) electrons. The van der Waals surface area contributed by atoms with Gasteiger partial charge in [-0.1, -0.05) is 282 Å². The smallest absolute Gasteiger partial charge is 0.462 e. The van der Waals surface area contributed by atoms with Gasteiger partial charge in [0.05, 0.1) is 26.4 Å². The molecular weight excluding hydrogens is 1260 g/mol. The molecule has 0 fully saturated rings. The molecule has 0 rings (SSSR count). The van der Waals surface area contributed by atoms with Crippen molar-refractivity contribution in [1.82, 2.24) is 0 Å². The van der Waals surface area contributed by atoms with Gasteiger partial charge >= 0.3 is 39.5 Å².